The molecule has 0 bridgehead atoms. The minimum absolute atomic E-state index is 0.186. The molecule has 2 aliphatic heterocycles. The number of hydrogen-bond donors (Lipinski definition) is 2. The van der Waals surface area contributed by atoms with Gasteiger partial charge in [-0.05, 0) is 31.5 Å². The van der Waals surface area contributed by atoms with Gasteiger partial charge in [-0.3, -0.25) is 9.78 Å². The second kappa shape index (κ2) is 8.20. The van der Waals surface area contributed by atoms with Crippen LogP contribution < -0.4 is 15.5 Å². The van der Waals surface area contributed by atoms with Crippen molar-refractivity contribution in [2.45, 2.75) is 25.4 Å². The molecule has 1 atom stereocenters. The van der Waals surface area contributed by atoms with Crippen molar-refractivity contribution in [3.63, 3.8) is 0 Å². The van der Waals surface area contributed by atoms with E-state index in [4.69, 9.17) is 9.72 Å². The standard InChI is InChI=1S/C23H26N6O2/c1-23(14-24-10-12-31-23)15-27-22-21-19(25-8-9-26-21)13-18(28-22)16-4-6-17(7-5-16)29-11-2-3-20(29)30/h4-9,13,24H,2-3,10-12,14-15H2,1H3,(H,27,28). The van der Waals surface area contributed by atoms with Gasteiger partial charge < -0.3 is 20.3 Å². The third-order valence-electron chi connectivity index (χ3n) is 5.86. The normalized spacial score (nSPS) is 21.6. The minimum atomic E-state index is -0.311. The highest BCUT2D eigenvalue weighted by molar-refractivity contribution is 5.95. The van der Waals surface area contributed by atoms with Gasteiger partial charge in [-0.25, -0.2) is 9.97 Å². The number of morpholine rings is 1. The van der Waals surface area contributed by atoms with Crippen LogP contribution in [0.25, 0.3) is 22.3 Å². The zero-order chi connectivity index (χ0) is 21.3. The van der Waals surface area contributed by atoms with Gasteiger partial charge in [0.05, 0.1) is 23.4 Å². The van der Waals surface area contributed by atoms with E-state index in [1.54, 1.807) is 12.4 Å². The van der Waals surface area contributed by atoms with Gasteiger partial charge in [-0.1, -0.05) is 12.1 Å². The van der Waals surface area contributed by atoms with E-state index < -0.39 is 0 Å². The number of ether oxygens (including phenoxy) is 1. The van der Waals surface area contributed by atoms with Crippen LogP contribution in [0.2, 0.25) is 0 Å². The Kier molecular flexibility index (Phi) is 5.25. The maximum atomic E-state index is 12.0. The number of nitrogens with one attached hydrogen (secondary N) is 2. The Morgan fingerprint density at radius 2 is 2.06 bits per heavy atom. The molecule has 5 rings (SSSR count). The first kappa shape index (κ1) is 19.8. The SMILES string of the molecule is CC1(CNc2nc(-c3ccc(N4CCCC4=O)cc3)cc3nccnc23)CNCCO1. The molecule has 160 valence electrons. The van der Waals surface area contributed by atoms with Crippen LogP contribution in [-0.4, -0.2) is 59.2 Å². The lowest BCUT2D eigenvalue weighted by Crippen LogP contribution is -2.51. The first-order valence-electron chi connectivity index (χ1n) is 10.7. The number of nitrogens with zero attached hydrogens (tertiary/aromatic N) is 4. The minimum Gasteiger partial charge on any atom is -0.371 e. The van der Waals surface area contributed by atoms with Gasteiger partial charge in [0.1, 0.15) is 5.52 Å². The van der Waals surface area contributed by atoms with Gasteiger partial charge >= 0.3 is 0 Å². The predicted octanol–water partition coefficient (Wildman–Crippen LogP) is 2.61. The first-order valence-corrected chi connectivity index (χ1v) is 10.7. The highest BCUT2D eigenvalue weighted by atomic mass is 16.5. The summed E-state index contributed by atoms with van der Waals surface area (Å²) in [5.41, 5.74) is 3.91. The molecular formula is C23H26N6O2. The second-order valence-corrected chi connectivity index (χ2v) is 8.30. The number of pyridine rings is 1. The number of anilines is 2. The van der Waals surface area contributed by atoms with Gasteiger partial charge in [-0.15, -0.1) is 0 Å². The van der Waals surface area contributed by atoms with E-state index in [1.807, 2.05) is 35.2 Å². The van der Waals surface area contributed by atoms with Crippen molar-refractivity contribution in [1.82, 2.24) is 20.3 Å². The lowest BCUT2D eigenvalue weighted by atomic mass is 10.1. The molecule has 31 heavy (non-hydrogen) atoms. The maximum absolute atomic E-state index is 12.0. The fraction of sp³-hybridized carbons (Fsp3) is 0.391. The van der Waals surface area contributed by atoms with Crippen molar-refractivity contribution < 1.29 is 9.53 Å². The fourth-order valence-electron chi connectivity index (χ4n) is 4.13. The Morgan fingerprint density at radius 3 is 2.81 bits per heavy atom. The van der Waals surface area contributed by atoms with Crippen LogP contribution in [0.15, 0.2) is 42.7 Å². The molecule has 4 heterocycles. The van der Waals surface area contributed by atoms with Crippen molar-refractivity contribution in [2.75, 3.05) is 43.0 Å². The topological polar surface area (TPSA) is 92.3 Å². The molecule has 2 N–H and O–H groups in total. The van der Waals surface area contributed by atoms with Crippen molar-refractivity contribution in [3.8, 4) is 11.3 Å². The fourth-order valence-corrected chi connectivity index (χ4v) is 4.13. The molecule has 3 aromatic rings. The number of carbonyl (C=O) groups is 1. The monoisotopic (exact) mass is 418 g/mol. The quantitative estimate of drug-likeness (QED) is 0.658. The van der Waals surface area contributed by atoms with Crippen LogP contribution >= 0.6 is 0 Å². The summed E-state index contributed by atoms with van der Waals surface area (Å²) in [5.74, 6) is 0.876. The zero-order valence-electron chi connectivity index (χ0n) is 17.6. The van der Waals surface area contributed by atoms with Gasteiger partial charge in [0.25, 0.3) is 0 Å². The van der Waals surface area contributed by atoms with Crippen molar-refractivity contribution >= 4 is 28.4 Å². The molecule has 1 aromatic carbocycles. The van der Waals surface area contributed by atoms with Gasteiger partial charge in [-0.2, -0.15) is 0 Å². The zero-order valence-corrected chi connectivity index (χ0v) is 17.6. The summed E-state index contributed by atoms with van der Waals surface area (Å²) in [4.78, 5) is 27.7. The summed E-state index contributed by atoms with van der Waals surface area (Å²) < 4.78 is 5.96. The molecule has 2 fully saturated rings. The van der Waals surface area contributed by atoms with Crippen LogP contribution in [0.1, 0.15) is 19.8 Å². The van der Waals surface area contributed by atoms with Crippen LogP contribution in [-0.2, 0) is 9.53 Å². The summed E-state index contributed by atoms with van der Waals surface area (Å²) in [6.07, 6.45) is 4.91. The number of benzene rings is 1. The third kappa shape index (κ3) is 4.08. The molecule has 8 heteroatoms. The van der Waals surface area contributed by atoms with Crippen molar-refractivity contribution in [3.05, 3.63) is 42.7 Å². The van der Waals surface area contributed by atoms with E-state index in [1.165, 1.54) is 0 Å². The maximum Gasteiger partial charge on any atom is 0.227 e. The van der Waals surface area contributed by atoms with Crippen LogP contribution in [0.5, 0.6) is 0 Å². The number of rotatable bonds is 5. The molecule has 2 aliphatic rings. The van der Waals surface area contributed by atoms with E-state index >= 15 is 0 Å². The molecule has 2 aromatic heterocycles. The predicted molar refractivity (Wildman–Crippen MR) is 120 cm³/mol. The largest absolute Gasteiger partial charge is 0.371 e. The molecule has 0 saturated carbocycles. The summed E-state index contributed by atoms with van der Waals surface area (Å²) >= 11 is 0. The third-order valence-corrected chi connectivity index (χ3v) is 5.86. The lowest BCUT2D eigenvalue weighted by molar-refractivity contribution is -0.117. The Hall–Kier alpha value is -3.10. The Bertz CT molecular complexity index is 1090. The van der Waals surface area contributed by atoms with E-state index in [2.05, 4.69) is 27.5 Å². The number of aromatic nitrogens is 3. The Morgan fingerprint density at radius 1 is 1.23 bits per heavy atom. The molecule has 0 aliphatic carbocycles. The van der Waals surface area contributed by atoms with Crippen LogP contribution in [0.4, 0.5) is 11.5 Å². The second-order valence-electron chi connectivity index (χ2n) is 8.30. The average Bonchev–Trinajstić information content (AvgIpc) is 3.24. The number of hydrogen-bond acceptors (Lipinski definition) is 7. The van der Waals surface area contributed by atoms with Crippen molar-refractivity contribution in [1.29, 1.82) is 0 Å². The average molecular weight is 419 g/mol. The van der Waals surface area contributed by atoms with Crippen LogP contribution in [0, 0.1) is 0 Å². The molecular weight excluding hydrogens is 392 g/mol. The highest BCUT2D eigenvalue weighted by Gasteiger charge is 2.28. The molecule has 0 radical (unpaired) electrons. The van der Waals surface area contributed by atoms with Crippen LogP contribution in [0.3, 0.4) is 0 Å². The highest BCUT2D eigenvalue weighted by Crippen LogP contribution is 2.29. The van der Waals surface area contributed by atoms with E-state index in [0.29, 0.717) is 25.4 Å². The molecule has 1 unspecified atom stereocenters. The van der Waals surface area contributed by atoms with Crippen molar-refractivity contribution in [2.24, 2.45) is 0 Å². The number of fused-ring (bicyclic) bond motifs is 1. The molecule has 0 spiro atoms. The van der Waals surface area contributed by atoms with Gasteiger partial charge in [0.2, 0.25) is 5.91 Å². The van der Waals surface area contributed by atoms with Gasteiger partial charge in [0, 0.05) is 56.2 Å². The molecule has 8 nitrogen and oxygen atoms in total. The Balaban J connectivity index is 1.44. The molecule has 1 amide bonds. The van der Waals surface area contributed by atoms with E-state index in [-0.39, 0.29) is 11.5 Å². The first-order chi connectivity index (χ1) is 15.1. The van der Waals surface area contributed by atoms with Gasteiger partial charge in [0.15, 0.2) is 5.82 Å². The van der Waals surface area contributed by atoms with E-state index in [9.17, 15) is 4.79 Å². The lowest BCUT2D eigenvalue weighted by Gasteiger charge is -2.34. The summed E-state index contributed by atoms with van der Waals surface area (Å²) in [7, 11) is 0. The number of amides is 1. The summed E-state index contributed by atoms with van der Waals surface area (Å²) in [6, 6.07) is 9.92. The smallest absolute Gasteiger partial charge is 0.227 e. The Labute approximate surface area is 181 Å². The van der Waals surface area contributed by atoms with E-state index in [0.717, 1.165) is 54.0 Å². The summed E-state index contributed by atoms with van der Waals surface area (Å²) in [6.45, 7) is 5.82. The number of carbonyl (C=O) groups excluding carboxylic acids is 1. The summed E-state index contributed by atoms with van der Waals surface area (Å²) in [5, 5.41) is 6.81. The molecule has 2 saturated heterocycles.